The maximum absolute atomic E-state index is 12.5. The standard InChI is InChI=1S/C21H31N5O7/c1-11(2)7-15(20(31)26-16(21(32)33)9-17(23)28)25-18(29)10-24-19(30)14(22)8-12-3-5-13(27)6-4-12/h3-6,11,14-16,27H,7-10,22H2,1-2H3,(H2,23,28)(H,24,30)(H,25,29)(H,26,31)(H,32,33)/t14-,15-,16-/m0/s1. The number of hydrogen-bond donors (Lipinski definition) is 7. The van der Waals surface area contributed by atoms with Crippen LogP contribution in [-0.4, -0.2) is 64.5 Å². The van der Waals surface area contributed by atoms with Crippen LogP contribution < -0.4 is 27.4 Å². The zero-order chi connectivity index (χ0) is 25.1. The first-order valence-corrected chi connectivity index (χ1v) is 10.3. The third-order valence-electron chi connectivity index (χ3n) is 4.53. The highest BCUT2D eigenvalue weighted by Gasteiger charge is 2.28. The summed E-state index contributed by atoms with van der Waals surface area (Å²) in [6, 6.07) is 2.60. The van der Waals surface area contributed by atoms with E-state index < -0.39 is 60.7 Å². The van der Waals surface area contributed by atoms with Gasteiger partial charge in [0.15, 0.2) is 0 Å². The van der Waals surface area contributed by atoms with Gasteiger partial charge in [-0.2, -0.15) is 0 Å². The van der Waals surface area contributed by atoms with Gasteiger partial charge in [-0.25, -0.2) is 4.79 Å². The van der Waals surface area contributed by atoms with Crippen LogP contribution in [0, 0.1) is 5.92 Å². The van der Waals surface area contributed by atoms with Crippen LogP contribution in [0.25, 0.3) is 0 Å². The number of benzene rings is 1. The summed E-state index contributed by atoms with van der Waals surface area (Å²) in [5, 5.41) is 25.5. The first-order chi connectivity index (χ1) is 15.4. The molecule has 1 rings (SSSR count). The number of aromatic hydroxyl groups is 1. The number of carbonyl (C=O) groups is 5. The Labute approximate surface area is 191 Å². The molecule has 0 unspecified atom stereocenters. The Hall–Kier alpha value is -3.67. The van der Waals surface area contributed by atoms with Crippen molar-refractivity contribution in [2.24, 2.45) is 17.4 Å². The molecule has 1 aromatic rings. The fourth-order valence-electron chi connectivity index (χ4n) is 2.90. The Morgan fingerprint density at radius 1 is 0.970 bits per heavy atom. The van der Waals surface area contributed by atoms with Gasteiger partial charge in [-0.3, -0.25) is 19.2 Å². The lowest BCUT2D eigenvalue weighted by molar-refractivity contribution is -0.143. The smallest absolute Gasteiger partial charge is 0.326 e. The van der Waals surface area contributed by atoms with Crippen molar-refractivity contribution in [3.05, 3.63) is 29.8 Å². The molecule has 0 aliphatic rings. The van der Waals surface area contributed by atoms with Crippen LogP contribution in [-0.2, 0) is 30.4 Å². The fourth-order valence-corrected chi connectivity index (χ4v) is 2.90. The van der Waals surface area contributed by atoms with E-state index >= 15 is 0 Å². The monoisotopic (exact) mass is 465 g/mol. The normalized spacial score (nSPS) is 13.5. The fraction of sp³-hybridized carbons (Fsp3) is 0.476. The molecule has 0 saturated heterocycles. The first-order valence-electron chi connectivity index (χ1n) is 10.3. The first kappa shape index (κ1) is 27.4. The van der Waals surface area contributed by atoms with Gasteiger partial charge in [0.05, 0.1) is 19.0 Å². The van der Waals surface area contributed by atoms with Gasteiger partial charge < -0.3 is 37.6 Å². The third kappa shape index (κ3) is 10.5. The van der Waals surface area contributed by atoms with Crippen molar-refractivity contribution in [3.8, 4) is 5.75 Å². The SMILES string of the molecule is CC(C)C[C@H](NC(=O)CNC(=O)[C@@H](N)Cc1ccc(O)cc1)C(=O)N[C@@H](CC(N)=O)C(=O)O. The van der Waals surface area contributed by atoms with Gasteiger partial charge in [-0.1, -0.05) is 26.0 Å². The number of amides is 4. The summed E-state index contributed by atoms with van der Waals surface area (Å²) in [6.07, 6.45) is -0.226. The molecule has 0 heterocycles. The van der Waals surface area contributed by atoms with Gasteiger partial charge >= 0.3 is 5.97 Å². The zero-order valence-electron chi connectivity index (χ0n) is 18.5. The highest BCUT2D eigenvalue weighted by atomic mass is 16.4. The molecule has 0 fully saturated rings. The topological polar surface area (TPSA) is 214 Å². The average Bonchev–Trinajstić information content (AvgIpc) is 2.71. The second kappa shape index (κ2) is 13.0. The van der Waals surface area contributed by atoms with Crippen LogP contribution in [0.5, 0.6) is 5.75 Å². The van der Waals surface area contributed by atoms with Crippen molar-refractivity contribution >= 4 is 29.6 Å². The minimum atomic E-state index is -1.53. The molecular weight excluding hydrogens is 434 g/mol. The number of nitrogens with two attached hydrogens (primary N) is 2. The van der Waals surface area contributed by atoms with Crippen LogP contribution in [0.2, 0.25) is 0 Å². The number of carboxylic acid groups (broad SMARTS) is 1. The number of aliphatic carboxylic acids is 1. The molecule has 0 aliphatic carbocycles. The maximum Gasteiger partial charge on any atom is 0.326 e. The second-order valence-corrected chi connectivity index (χ2v) is 8.01. The van der Waals surface area contributed by atoms with Gasteiger partial charge in [0.1, 0.15) is 17.8 Å². The number of nitrogens with one attached hydrogen (secondary N) is 3. The van der Waals surface area contributed by atoms with Crippen LogP contribution in [0.1, 0.15) is 32.3 Å². The molecule has 12 nitrogen and oxygen atoms in total. The molecule has 1 aromatic carbocycles. The summed E-state index contributed by atoms with van der Waals surface area (Å²) in [7, 11) is 0. The van der Waals surface area contributed by atoms with Crippen LogP contribution >= 0.6 is 0 Å². The number of primary amides is 1. The molecule has 4 amide bonds. The van der Waals surface area contributed by atoms with E-state index in [1.807, 2.05) is 0 Å². The number of hydrogen-bond acceptors (Lipinski definition) is 7. The van der Waals surface area contributed by atoms with E-state index in [1.165, 1.54) is 12.1 Å². The zero-order valence-corrected chi connectivity index (χ0v) is 18.5. The van der Waals surface area contributed by atoms with Gasteiger partial charge in [0.2, 0.25) is 23.6 Å². The lowest BCUT2D eigenvalue weighted by atomic mass is 10.0. The van der Waals surface area contributed by atoms with Crippen molar-refractivity contribution in [3.63, 3.8) is 0 Å². The second-order valence-electron chi connectivity index (χ2n) is 8.01. The van der Waals surface area contributed by atoms with E-state index in [0.29, 0.717) is 0 Å². The molecule has 0 saturated carbocycles. The summed E-state index contributed by atoms with van der Waals surface area (Å²) in [5.74, 6) is -4.35. The largest absolute Gasteiger partial charge is 0.508 e. The quantitative estimate of drug-likeness (QED) is 0.179. The number of phenols is 1. The predicted molar refractivity (Wildman–Crippen MR) is 118 cm³/mol. The van der Waals surface area contributed by atoms with Gasteiger partial charge in [-0.15, -0.1) is 0 Å². The summed E-state index contributed by atoms with van der Waals surface area (Å²) in [4.78, 5) is 59.3. The van der Waals surface area contributed by atoms with E-state index in [2.05, 4.69) is 16.0 Å². The van der Waals surface area contributed by atoms with E-state index in [0.717, 1.165) is 5.56 Å². The van der Waals surface area contributed by atoms with Gasteiger partial charge in [0.25, 0.3) is 0 Å². The van der Waals surface area contributed by atoms with E-state index in [-0.39, 0.29) is 24.5 Å². The third-order valence-corrected chi connectivity index (χ3v) is 4.53. The highest BCUT2D eigenvalue weighted by molar-refractivity contribution is 5.93. The number of carbonyl (C=O) groups excluding carboxylic acids is 4. The molecule has 9 N–H and O–H groups in total. The van der Waals surface area contributed by atoms with E-state index in [9.17, 15) is 29.1 Å². The Morgan fingerprint density at radius 3 is 2.09 bits per heavy atom. The van der Waals surface area contributed by atoms with Crippen molar-refractivity contribution in [2.75, 3.05) is 6.54 Å². The Balaban J connectivity index is 2.65. The summed E-state index contributed by atoms with van der Waals surface area (Å²) in [5.41, 5.74) is 11.6. The molecule has 0 spiro atoms. The Morgan fingerprint density at radius 2 is 1.58 bits per heavy atom. The molecule has 3 atom stereocenters. The van der Waals surface area contributed by atoms with Gasteiger partial charge in [-0.05, 0) is 36.5 Å². The molecule has 0 bridgehead atoms. The Kier molecular flexibility index (Phi) is 10.8. The molecule has 0 radical (unpaired) electrons. The van der Waals surface area contributed by atoms with Crippen LogP contribution in [0.4, 0.5) is 0 Å². The number of carboxylic acids is 1. The molecule has 12 heteroatoms. The van der Waals surface area contributed by atoms with Crippen LogP contribution in [0.15, 0.2) is 24.3 Å². The van der Waals surface area contributed by atoms with Crippen molar-refractivity contribution in [2.45, 2.75) is 51.2 Å². The molecule has 0 aromatic heterocycles. The molecular formula is C21H31N5O7. The molecule has 0 aliphatic heterocycles. The molecule has 33 heavy (non-hydrogen) atoms. The number of phenolic OH excluding ortho intramolecular Hbond substituents is 1. The Bertz CT molecular complexity index is 857. The summed E-state index contributed by atoms with van der Waals surface area (Å²) < 4.78 is 0. The summed E-state index contributed by atoms with van der Waals surface area (Å²) in [6.45, 7) is 3.15. The van der Waals surface area contributed by atoms with E-state index in [4.69, 9.17) is 16.6 Å². The minimum Gasteiger partial charge on any atom is -0.508 e. The lowest BCUT2D eigenvalue weighted by Gasteiger charge is -2.22. The van der Waals surface area contributed by atoms with Gasteiger partial charge in [0, 0.05) is 0 Å². The maximum atomic E-state index is 12.5. The van der Waals surface area contributed by atoms with Crippen molar-refractivity contribution in [1.82, 2.24) is 16.0 Å². The molecule has 182 valence electrons. The van der Waals surface area contributed by atoms with Crippen molar-refractivity contribution in [1.29, 1.82) is 0 Å². The lowest BCUT2D eigenvalue weighted by Crippen LogP contribution is -2.54. The summed E-state index contributed by atoms with van der Waals surface area (Å²) >= 11 is 0. The number of rotatable bonds is 13. The van der Waals surface area contributed by atoms with Crippen LogP contribution in [0.3, 0.4) is 0 Å². The van der Waals surface area contributed by atoms with E-state index in [1.54, 1.807) is 26.0 Å². The predicted octanol–water partition coefficient (Wildman–Crippen LogP) is -1.65. The van der Waals surface area contributed by atoms with Crippen molar-refractivity contribution < 1.29 is 34.2 Å². The minimum absolute atomic E-state index is 0.0335. The average molecular weight is 466 g/mol. The highest BCUT2D eigenvalue weighted by Crippen LogP contribution is 2.11.